The lowest BCUT2D eigenvalue weighted by Gasteiger charge is -2.19. The van der Waals surface area contributed by atoms with Gasteiger partial charge in [0, 0.05) is 13.8 Å². The van der Waals surface area contributed by atoms with Crippen LogP contribution in [0.15, 0.2) is 0 Å². The molecular weight excluding hydrogens is 292 g/mol. The summed E-state index contributed by atoms with van der Waals surface area (Å²) in [7, 11) is 0. The van der Waals surface area contributed by atoms with Crippen molar-refractivity contribution in [2.75, 3.05) is 33.0 Å². The summed E-state index contributed by atoms with van der Waals surface area (Å²) in [5.41, 5.74) is 0. The van der Waals surface area contributed by atoms with Crippen molar-refractivity contribution < 1.29 is 33.3 Å². The van der Waals surface area contributed by atoms with Crippen molar-refractivity contribution in [3.8, 4) is 0 Å². The molecule has 0 fully saturated rings. The monoisotopic (exact) mass is 320 g/mol. The summed E-state index contributed by atoms with van der Waals surface area (Å²) in [4.78, 5) is 21.3. The van der Waals surface area contributed by atoms with Crippen LogP contribution in [0, 0.1) is 0 Å². The predicted molar refractivity (Wildman–Crippen MR) is 79.5 cm³/mol. The number of esters is 2. The minimum Gasteiger partial charge on any atom is -0.463 e. The van der Waals surface area contributed by atoms with Gasteiger partial charge in [0.05, 0.1) is 38.6 Å². The highest BCUT2D eigenvalue weighted by Gasteiger charge is 2.11. The van der Waals surface area contributed by atoms with E-state index >= 15 is 0 Å². The van der Waals surface area contributed by atoms with Gasteiger partial charge in [-0.1, -0.05) is 0 Å². The van der Waals surface area contributed by atoms with E-state index in [9.17, 15) is 9.59 Å². The molecule has 130 valence electrons. The van der Waals surface area contributed by atoms with Crippen molar-refractivity contribution in [1.29, 1.82) is 0 Å². The molecule has 3 atom stereocenters. The van der Waals surface area contributed by atoms with Gasteiger partial charge >= 0.3 is 11.9 Å². The van der Waals surface area contributed by atoms with Crippen molar-refractivity contribution in [2.24, 2.45) is 0 Å². The number of hydrogen-bond acceptors (Lipinski definition) is 7. The summed E-state index contributed by atoms with van der Waals surface area (Å²) in [5, 5.41) is 0. The number of rotatable bonds is 12. The molecule has 0 aliphatic heterocycles. The zero-order valence-corrected chi connectivity index (χ0v) is 14.1. The average Bonchev–Trinajstić information content (AvgIpc) is 2.41. The van der Waals surface area contributed by atoms with Gasteiger partial charge in [0.25, 0.3) is 0 Å². The largest absolute Gasteiger partial charge is 0.463 e. The molecule has 3 unspecified atom stereocenters. The second-order valence-corrected chi connectivity index (χ2v) is 5.12. The molecule has 0 bridgehead atoms. The van der Waals surface area contributed by atoms with Crippen LogP contribution in [0.2, 0.25) is 0 Å². The fourth-order valence-corrected chi connectivity index (χ4v) is 1.51. The molecule has 0 N–H and O–H groups in total. The second kappa shape index (κ2) is 12.4. The molecule has 22 heavy (non-hydrogen) atoms. The first-order chi connectivity index (χ1) is 10.3. The lowest BCUT2D eigenvalue weighted by Crippen LogP contribution is -2.27. The highest BCUT2D eigenvalue weighted by atomic mass is 16.6. The van der Waals surface area contributed by atoms with Crippen molar-refractivity contribution in [3.63, 3.8) is 0 Å². The molecule has 0 saturated heterocycles. The van der Waals surface area contributed by atoms with Gasteiger partial charge in [-0.3, -0.25) is 9.59 Å². The van der Waals surface area contributed by atoms with Gasteiger partial charge in [-0.15, -0.1) is 0 Å². The first kappa shape index (κ1) is 20.8. The van der Waals surface area contributed by atoms with Gasteiger partial charge in [-0.25, -0.2) is 0 Å². The maximum atomic E-state index is 10.8. The van der Waals surface area contributed by atoms with E-state index in [2.05, 4.69) is 0 Å². The van der Waals surface area contributed by atoms with Crippen LogP contribution in [0.25, 0.3) is 0 Å². The van der Waals surface area contributed by atoms with E-state index in [1.165, 1.54) is 13.8 Å². The fraction of sp³-hybridized carbons (Fsp3) is 0.867. The van der Waals surface area contributed by atoms with E-state index in [4.69, 9.17) is 23.7 Å². The summed E-state index contributed by atoms with van der Waals surface area (Å²) < 4.78 is 26.1. The maximum absolute atomic E-state index is 10.8. The zero-order valence-electron chi connectivity index (χ0n) is 14.1. The third-order valence-electron chi connectivity index (χ3n) is 2.48. The fourth-order valence-electron chi connectivity index (χ4n) is 1.51. The highest BCUT2D eigenvalue weighted by Crippen LogP contribution is 2.01. The molecule has 0 aromatic rings. The van der Waals surface area contributed by atoms with Crippen LogP contribution in [0.3, 0.4) is 0 Å². The van der Waals surface area contributed by atoms with Crippen molar-refractivity contribution in [2.45, 2.75) is 52.9 Å². The van der Waals surface area contributed by atoms with Crippen LogP contribution in [0.1, 0.15) is 34.6 Å². The van der Waals surface area contributed by atoms with E-state index in [0.29, 0.717) is 26.4 Å². The lowest BCUT2D eigenvalue weighted by atomic mass is 10.4. The Balaban J connectivity index is 3.57. The molecule has 7 heteroatoms. The van der Waals surface area contributed by atoms with Gasteiger partial charge in [0.2, 0.25) is 0 Å². The Morgan fingerprint density at radius 2 is 1.32 bits per heavy atom. The molecule has 0 aliphatic carbocycles. The quantitative estimate of drug-likeness (QED) is 0.396. The molecule has 0 radical (unpaired) electrons. The van der Waals surface area contributed by atoms with Crippen LogP contribution >= 0.6 is 0 Å². The standard InChI is InChI=1S/C15H28O7/c1-11(8-18-6-7-19-14(4)16)20-9-12(2)21-10-13(3)22-15(5)17/h11-13H,6-10H2,1-5H3. The van der Waals surface area contributed by atoms with E-state index in [1.54, 1.807) is 6.92 Å². The number of ether oxygens (including phenoxy) is 5. The van der Waals surface area contributed by atoms with Gasteiger partial charge in [-0.2, -0.15) is 0 Å². The summed E-state index contributed by atoms with van der Waals surface area (Å²) >= 11 is 0. The first-order valence-corrected chi connectivity index (χ1v) is 7.42. The molecule has 0 rings (SSSR count). The third-order valence-corrected chi connectivity index (χ3v) is 2.48. The Kier molecular flexibility index (Phi) is 11.7. The van der Waals surface area contributed by atoms with E-state index in [0.717, 1.165) is 0 Å². The number of carbonyl (C=O) groups excluding carboxylic acids is 2. The number of carbonyl (C=O) groups is 2. The van der Waals surface area contributed by atoms with Crippen LogP contribution < -0.4 is 0 Å². The van der Waals surface area contributed by atoms with Crippen LogP contribution in [0.4, 0.5) is 0 Å². The zero-order chi connectivity index (χ0) is 17.0. The molecule has 0 spiro atoms. The third kappa shape index (κ3) is 13.8. The van der Waals surface area contributed by atoms with Crippen molar-refractivity contribution in [3.05, 3.63) is 0 Å². The Morgan fingerprint density at radius 1 is 0.773 bits per heavy atom. The van der Waals surface area contributed by atoms with E-state index < -0.39 is 0 Å². The summed E-state index contributed by atoms with van der Waals surface area (Å²) in [6.45, 7) is 10.0. The minimum absolute atomic E-state index is 0.0886. The SMILES string of the molecule is CC(=O)OCCOCC(C)OCC(C)OCC(C)OC(C)=O. The Hall–Kier alpha value is -1.18. The Labute approximate surface area is 132 Å². The molecular formula is C15H28O7. The normalized spacial score (nSPS) is 15.0. The van der Waals surface area contributed by atoms with Gasteiger partial charge in [0.1, 0.15) is 12.7 Å². The molecule has 0 aromatic carbocycles. The summed E-state index contributed by atoms with van der Waals surface area (Å²) in [5.74, 6) is -0.638. The van der Waals surface area contributed by atoms with Crippen LogP contribution in [-0.2, 0) is 33.3 Å². The second-order valence-electron chi connectivity index (χ2n) is 5.12. The Bertz CT molecular complexity index is 319. The molecule has 0 heterocycles. The molecule has 7 nitrogen and oxygen atoms in total. The smallest absolute Gasteiger partial charge is 0.302 e. The minimum atomic E-state index is -0.320. The summed E-state index contributed by atoms with van der Waals surface area (Å²) in [6, 6.07) is 0. The van der Waals surface area contributed by atoms with Crippen LogP contribution in [-0.4, -0.2) is 63.3 Å². The van der Waals surface area contributed by atoms with Crippen molar-refractivity contribution in [1.82, 2.24) is 0 Å². The van der Waals surface area contributed by atoms with Gasteiger partial charge < -0.3 is 23.7 Å². The molecule has 0 aromatic heterocycles. The van der Waals surface area contributed by atoms with E-state index in [1.807, 2.05) is 13.8 Å². The molecule has 0 amide bonds. The number of hydrogen-bond donors (Lipinski definition) is 0. The lowest BCUT2D eigenvalue weighted by molar-refractivity contribution is -0.150. The van der Waals surface area contributed by atoms with Gasteiger partial charge in [-0.05, 0) is 20.8 Å². The van der Waals surface area contributed by atoms with Crippen LogP contribution in [0.5, 0.6) is 0 Å². The molecule has 0 saturated carbocycles. The first-order valence-electron chi connectivity index (χ1n) is 7.42. The van der Waals surface area contributed by atoms with Gasteiger partial charge in [0.15, 0.2) is 0 Å². The topological polar surface area (TPSA) is 80.3 Å². The maximum Gasteiger partial charge on any atom is 0.302 e. The van der Waals surface area contributed by atoms with E-state index in [-0.39, 0.29) is 36.9 Å². The molecule has 0 aliphatic rings. The highest BCUT2D eigenvalue weighted by molar-refractivity contribution is 5.66. The predicted octanol–water partition coefficient (Wildman–Crippen LogP) is 1.33. The summed E-state index contributed by atoms with van der Waals surface area (Å²) in [6.07, 6.45) is -0.474. The average molecular weight is 320 g/mol. The van der Waals surface area contributed by atoms with Crippen molar-refractivity contribution >= 4 is 11.9 Å². The Morgan fingerprint density at radius 3 is 1.86 bits per heavy atom.